The summed E-state index contributed by atoms with van der Waals surface area (Å²) in [4.78, 5) is 31.8. The number of hydrogen-bond donors (Lipinski definition) is 6. The third-order valence-electron chi connectivity index (χ3n) is 10.8. The molecule has 1 saturated carbocycles. The topological polar surface area (TPSA) is 195 Å². The highest BCUT2D eigenvalue weighted by molar-refractivity contribution is 6.12. The molecule has 3 aliphatic heterocycles. The number of allylic oxidation sites excluding steroid dienone is 1. The van der Waals surface area contributed by atoms with E-state index < -0.39 is 48.8 Å². The molecule has 0 saturated heterocycles. The quantitative estimate of drug-likeness (QED) is 0.119. The van der Waals surface area contributed by atoms with E-state index in [1.165, 1.54) is 30.3 Å². The fraction of sp³-hybridized carbons (Fsp3) is 0.474. The molecule has 0 radical (unpaired) electrons. The van der Waals surface area contributed by atoms with E-state index in [0.717, 1.165) is 37.0 Å². The van der Waals surface area contributed by atoms with Crippen LogP contribution < -0.4 is 15.1 Å². The Morgan fingerprint density at radius 3 is 2.59 bits per heavy atom. The standard InChI is InChI=1S/C38H44N2O11/c1-21-13-29(43)27-14-24-15-31(51-48-20-38(47,36(46)33(45)30(44)19-41)16-22-7-9-26(42)10-8-22)37(2,25-5-3-4-6-25)50-34(24)32(35(27)49-21)40-17-23-11-12-39-28(23)18-40/h7-14,17,25,30-31,33,36,41-42,44-47H,3-6,15-16,18-20H2,1-2H3/t30-,31-,33-,36+,37-,38+/m1/s1. The van der Waals surface area contributed by atoms with Crippen LogP contribution in [0.15, 0.2) is 74.7 Å². The Morgan fingerprint density at radius 1 is 1.14 bits per heavy atom. The van der Waals surface area contributed by atoms with E-state index in [1.54, 1.807) is 19.2 Å². The molecular weight excluding hydrogens is 660 g/mol. The molecule has 1 aromatic heterocycles. The molecule has 0 bridgehead atoms. The first-order chi connectivity index (χ1) is 24.4. The third-order valence-corrected chi connectivity index (χ3v) is 10.8. The number of rotatable bonds is 12. The SMILES string of the molecule is Cc1cc(=O)c2cc3c(c(N4C=C5C=CN=C5C4)c2o1)O[C@](C)(C1CCCC1)[C@H](OOC[C@@](O)(Cc1ccc(O)cc1)[C@@H](O)[C@H](O)[C@H](O)CO)C3. The number of ether oxygens (including phenoxy) is 1. The normalized spacial score (nSPS) is 24.5. The summed E-state index contributed by atoms with van der Waals surface area (Å²) < 4.78 is 13.3. The molecule has 0 unspecified atom stereocenters. The van der Waals surface area contributed by atoms with Crippen LogP contribution in [0.1, 0.15) is 49.5 Å². The summed E-state index contributed by atoms with van der Waals surface area (Å²) in [5.41, 5.74) is 0.776. The average Bonchev–Trinajstić information content (AvgIpc) is 3.88. The monoisotopic (exact) mass is 704 g/mol. The lowest BCUT2D eigenvalue weighted by Crippen LogP contribution is -2.58. The first kappa shape index (κ1) is 35.3. The second kappa shape index (κ2) is 13.8. The zero-order chi connectivity index (χ0) is 36.1. The van der Waals surface area contributed by atoms with Crippen LogP contribution in [0.5, 0.6) is 11.5 Å². The van der Waals surface area contributed by atoms with Crippen molar-refractivity contribution in [2.24, 2.45) is 10.9 Å². The van der Waals surface area contributed by atoms with Gasteiger partial charge in [-0.3, -0.25) is 9.79 Å². The van der Waals surface area contributed by atoms with Gasteiger partial charge in [-0.2, -0.15) is 0 Å². The first-order valence-corrected chi connectivity index (χ1v) is 17.3. The Kier molecular flexibility index (Phi) is 9.56. The molecule has 2 aromatic carbocycles. The van der Waals surface area contributed by atoms with Crippen molar-refractivity contribution in [2.45, 2.75) is 88.0 Å². The molecule has 6 N–H and O–H groups in total. The highest BCUT2D eigenvalue weighted by Gasteiger charge is 2.51. The Labute approximate surface area is 294 Å². The summed E-state index contributed by atoms with van der Waals surface area (Å²) in [6.45, 7) is 2.69. The molecular formula is C38H44N2O11. The van der Waals surface area contributed by atoms with Gasteiger partial charge in [0.1, 0.15) is 59.4 Å². The number of fused-ring (bicyclic) bond motifs is 3. The van der Waals surface area contributed by atoms with Gasteiger partial charge >= 0.3 is 0 Å². The predicted molar refractivity (Wildman–Crippen MR) is 187 cm³/mol. The van der Waals surface area contributed by atoms with Crippen molar-refractivity contribution in [3.05, 3.63) is 87.6 Å². The van der Waals surface area contributed by atoms with Crippen LogP contribution in [-0.4, -0.2) is 91.7 Å². The minimum absolute atomic E-state index is 0.000558. The van der Waals surface area contributed by atoms with Crippen LogP contribution in [0.2, 0.25) is 0 Å². The molecule has 7 rings (SSSR count). The zero-order valence-corrected chi connectivity index (χ0v) is 28.6. The van der Waals surface area contributed by atoms with Crippen molar-refractivity contribution in [3.8, 4) is 11.5 Å². The van der Waals surface area contributed by atoms with E-state index in [9.17, 15) is 35.4 Å². The van der Waals surface area contributed by atoms with Gasteiger partial charge < -0.3 is 44.7 Å². The second-order valence-corrected chi connectivity index (χ2v) is 14.4. The molecule has 4 aliphatic rings. The van der Waals surface area contributed by atoms with Crippen LogP contribution in [0, 0.1) is 12.8 Å². The smallest absolute Gasteiger partial charge is 0.193 e. The van der Waals surface area contributed by atoms with Gasteiger partial charge in [0, 0.05) is 48.4 Å². The number of phenols is 1. The van der Waals surface area contributed by atoms with Crippen LogP contribution in [0.4, 0.5) is 5.69 Å². The number of aryl methyl sites for hydroxylation is 1. The number of aliphatic hydroxyl groups excluding tert-OH is 4. The number of aromatic hydroxyl groups is 1. The third kappa shape index (κ3) is 6.59. The van der Waals surface area contributed by atoms with Gasteiger partial charge in [0.2, 0.25) is 0 Å². The summed E-state index contributed by atoms with van der Waals surface area (Å²) in [5.74, 6) is 1.12. The highest BCUT2D eigenvalue weighted by Crippen LogP contribution is 2.51. The van der Waals surface area contributed by atoms with Crippen LogP contribution in [-0.2, 0) is 22.6 Å². The summed E-state index contributed by atoms with van der Waals surface area (Å²) in [6.07, 6.45) is 3.12. The van der Waals surface area contributed by atoms with Gasteiger partial charge in [-0.25, -0.2) is 9.78 Å². The van der Waals surface area contributed by atoms with Crippen molar-refractivity contribution in [1.29, 1.82) is 0 Å². The molecule has 4 heterocycles. The van der Waals surface area contributed by atoms with E-state index in [0.29, 0.717) is 45.8 Å². The molecule has 1 fully saturated rings. The summed E-state index contributed by atoms with van der Waals surface area (Å²) in [7, 11) is 0. The number of aliphatic imine (C=N–C) groups is 1. The fourth-order valence-corrected chi connectivity index (χ4v) is 7.83. The average molecular weight is 705 g/mol. The number of benzene rings is 2. The fourth-order valence-electron chi connectivity index (χ4n) is 7.83. The van der Waals surface area contributed by atoms with Gasteiger partial charge in [0.25, 0.3) is 0 Å². The van der Waals surface area contributed by atoms with E-state index in [4.69, 9.17) is 18.9 Å². The molecule has 13 nitrogen and oxygen atoms in total. The lowest BCUT2D eigenvalue weighted by atomic mass is 9.78. The molecule has 13 heteroatoms. The molecule has 1 aliphatic carbocycles. The van der Waals surface area contributed by atoms with Crippen molar-refractivity contribution < 1.29 is 49.6 Å². The summed E-state index contributed by atoms with van der Waals surface area (Å²) >= 11 is 0. The number of nitrogens with zero attached hydrogens (tertiary/aromatic N) is 2. The van der Waals surface area contributed by atoms with Crippen molar-refractivity contribution in [1.82, 2.24) is 0 Å². The summed E-state index contributed by atoms with van der Waals surface area (Å²) in [6, 6.07) is 9.13. The molecule has 51 heavy (non-hydrogen) atoms. The second-order valence-electron chi connectivity index (χ2n) is 14.4. The maximum absolute atomic E-state index is 13.4. The van der Waals surface area contributed by atoms with Gasteiger partial charge in [-0.1, -0.05) is 25.0 Å². The van der Waals surface area contributed by atoms with Crippen LogP contribution in [0.25, 0.3) is 11.0 Å². The molecule has 6 atom stereocenters. The Hall–Kier alpha value is -4.08. The lowest BCUT2D eigenvalue weighted by Gasteiger charge is -2.46. The number of hydrogen-bond acceptors (Lipinski definition) is 13. The maximum atomic E-state index is 13.4. The van der Waals surface area contributed by atoms with Crippen molar-refractivity contribution in [2.75, 3.05) is 24.7 Å². The van der Waals surface area contributed by atoms with Gasteiger partial charge in [0.05, 0.1) is 24.2 Å². The first-order valence-electron chi connectivity index (χ1n) is 17.3. The van der Waals surface area contributed by atoms with Gasteiger partial charge in [-0.05, 0) is 56.5 Å². The Balaban J connectivity index is 1.23. The summed E-state index contributed by atoms with van der Waals surface area (Å²) in [5, 5.41) is 63.1. The van der Waals surface area contributed by atoms with Crippen molar-refractivity contribution in [3.63, 3.8) is 0 Å². The molecule has 3 aromatic rings. The Morgan fingerprint density at radius 2 is 1.88 bits per heavy atom. The van der Waals surface area contributed by atoms with Crippen molar-refractivity contribution >= 4 is 22.4 Å². The minimum Gasteiger partial charge on any atom is -0.508 e. The number of anilines is 1. The van der Waals surface area contributed by atoms with Crippen LogP contribution in [0.3, 0.4) is 0 Å². The van der Waals surface area contributed by atoms with E-state index in [2.05, 4.69) is 4.99 Å². The largest absolute Gasteiger partial charge is 0.508 e. The van der Waals surface area contributed by atoms with E-state index in [-0.39, 0.29) is 29.9 Å². The maximum Gasteiger partial charge on any atom is 0.193 e. The molecule has 0 spiro atoms. The minimum atomic E-state index is -2.21. The Bertz CT molecular complexity index is 1930. The lowest BCUT2D eigenvalue weighted by molar-refractivity contribution is -0.374. The number of phenolic OH excluding ortho intramolecular Hbond substituents is 1. The molecule has 0 amide bonds. The highest BCUT2D eigenvalue weighted by atomic mass is 17.2. The predicted octanol–water partition coefficient (Wildman–Crippen LogP) is 2.73. The number of aliphatic hydroxyl groups is 5. The zero-order valence-electron chi connectivity index (χ0n) is 28.6. The van der Waals surface area contributed by atoms with E-state index >= 15 is 0 Å². The van der Waals surface area contributed by atoms with Gasteiger partial charge in [0.15, 0.2) is 16.8 Å². The molecule has 272 valence electrons. The van der Waals surface area contributed by atoms with Gasteiger partial charge in [-0.15, -0.1) is 0 Å². The van der Waals surface area contributed by atoms with Crippen LogP contribution >= 0.6 is 0 Å². The van der Waals surface area contributed by atoms with E-state index in [1.807, 2.05) is 24.1 Å².